The van der Waals surface area contributed by atoms with Crippen LogP contribution in [0.4, 0.5) is 13.2 Å². The average Bonchev–Trinajstić information content (AvgIpc) is 1.58. The fourth-order valence-corrected chi connectivity index (χ4v) is 1.54. The molecule has 0 aromatic rings. The standard InChI is InChI=1S/C2H3F3O4S2/c1-10(6,7)11(8,9)2(3,4)5/h1H3. The molecule has 9 heteroatoms. The van der Waals surface area contributed by atoms with Crippen LogP contribution in [0, 0.1) is 0 Å². The Bertz CT molecular complexity index is 332. The third-order valence-electron chi connectivity index (χ3n) is 0.682. The molecule has 0 heterocycles. The van der Waals surface area contributed by atoms with E-state index in [-0.39, 0.29) is 6.26 Å². The van der Waals surface area contributed by atoms with Crippen molar-refractivity contribution in [1.29, 1.82) is 0 Å². The van der Waals surface area contributed by atoms with E-state index in [2.05, 4.69) is 0 Å². The van der Waals surface area contributed by atoms with Gasteiger partial charge in [-0.2, -0.15) is 13.2 Å². The Morgan fingerprint density at radius 2 is 1.27 bits per heavy atom. The molecule has 0 rings (SSSR count). The van der Waals surface area contributed by atoms with E-state index in [1.165, 1.54) is 0 Å². The SMILES string of the molecule is CS(=O)(=O)S(=O)(=O)C(F)(F)F. The second-order valence-electron chi connectivity index (χ2n) is 1.60. The summed E-state index contributed by atoms with van der Waals surface area (Å²) in [5.74, 6) is 0. The predicted molar refractivity (Wildman–Crippen MR) is 29.8 cm³/mol. The molecule has 0 radical (unpaired) electrons. The van der Waals surface area contributed by atoms with E-state index in [0.29, 0.717) is 0 Å². The Morgan fingerprint density at radius 3 is 1.27 bits per heavy atom. The summed E-state index contributed by atoms with van der Waals surface area (Å²) < 4.78 is 74.0. The molecule has 0 bridgehead atoms. The number of hydrogen-bond acceptors (Lipinski definition) is 4. The molecule has 0 aromatic carbocycles. The fraction of sp³-hybridized carbons (Fsp3) is 1.00. The first kappa shape index (κ1) is 10.7. The molecule has 11 heavy (non-hydrogen) atoms. The minimum atomic E-state index is -6.04. The van der Waals surface area contributed by atoms with Crippen LogP contribution in [0.1, 0.15) is 0 Å². The Hall–Kier alpha value is -0.310. The third kappa shape index (κ3) is 1.83. The van der Waals surface area contributed by atoms with E-state index >= 15 is 0 Å². The van der Waals surface area contributed by atoms with Crippen molar-refractivity contribution in [3.05, 3.63) is 0 Å². The van der Waals surface area contributed by atoms with Crippen molar-refractivity contribution in [1.82, 2.24) is 0 Å². The van der Waals surface area contributed by atoms with Gasteiger partial charge in [-0.3, -0.25) is 0 Å². The summed E-state index contributed by atoms with van der Waals surface area (Å²) in [5.41, 5.74) is -5.74. The first-order valence-electron chi connectivity index (χ1n) is 2.01. The van der Waals surface area contributed by atoms with Gasteiger partial charge in [0.05, 0.1) is 6.26 Å². The summed E-state index contributed by atoms with van der Waals surface area (Å²) in [6.07, 6.45) is -0.0180. The second kappa shape index (κ2) is 2.34. The number of halogens is 3. The Kier molecular flexibility index (Phi) is 2.27. The van der Waals surface area contributed by atoms with Crippen LogP contribution >= 0.6 is 0 Å². The van der Waals surface area contributed by atoms with Gasteiger partial charge in [0.2, 0.25) is 0 Å². The van der Waals surface area contributed by atoms with Crippen LogP contribution in [0.15, 0.2) is 0 Å². The van der Waals surface area contributed by atoms with E-state index in [1.54, 1.807) is 0 Å². The lowest BCUT2D eigenvalue weighted by Gasteiger charge is -2.03. The number of alkyl halides is 3. The molecule has 0 atom stereocenters. The lowest BCUT2D eigenvalue weighted by molar-refractivity contribution is -0.0412. The largest absolute Gasteiger partial charge is 0.512 e. The van der Waals surface area contributed by atoms with Crippen LogP contribution in [0.3, 0.4) is 0 Å². The first-order chi connectivity index (χ1) is 4.50. The van der Waals surface area contributed by atoms with Crippen LogP contribution in [0.25, 0.3) is 0 Å². The topological polar surface area (TPSA) is 68.3 Å². The van der Waals surface area contributed by atoms with Crippen molar-refractivity contribution in [3.8, 4) is 0 Å². The molecule has 4 nitrogen and oxygen atoms in total. The van der Waals surface area contributed by atoms with Crippen LogP contribution in [-0.2, 0) is 17.7 Å². The van der Waals surface area contributed by atoms with Crippen LogP contribution < -0.4 is 0 Å². The monoisotopic (exact) mass is 212 g/mol. The van der Waals surface area contributed by atoms with Gasteiger partial charge in [0.25, 0.3) is 8.87 Å². The summed E-state index contributed by atoms with van der Waals surface area (Å²) in [7, 11) is -11.2. The van der Waals surface area contributed by atoms with Gasteiger partial charge in [0.15, 0.2) is 0 Å². The maximum atomic E-state index is 11.4. The summed E-state index contributed by atoms with van der Waals surface area (Å²) in [5, 5.41) is 0. The lowest BCUT2D eigenvalue weighted by atomic mass is 11.6. The van der Waals surface area contributed by atoms with Gasteiger partial charge < -0.3 is 0 Å². The fourth-order valence-electron chi connectivity index (χ4n) is 0.172. The van der Waals surface area contributed by atoms with Gasteiger partial charge >= 0.3 is 14.4 Å². The molecule has 0 saturated heterocycles. The van der Waals surface area contributed by atoms with Crippen molar-refractivity contribution in [2.75, 3.05) is 6.26 Å². The predicted octanol–water partition coefficient (Wildman–Crippen LogP) is -0.119. The maximum absolute atomic E-state index is 11.4. The van der Waals surface area contributed by atoms with Crippen LogP contribution in [-0.4, -0.2) is 28.6 Å². The lowest BCUT2D eigenvalue weighted by Crippen LogP contribution is -2.29. The molecule has 0 N–H and O–H groups in total. The molecule has 0 aliphatic rings. The van der Waals surface area contributed by atoms with Gasteiger partial charge in [-0.25, -0.2) is 16.8 Å². The van der Waals surface area contributed by atoms with Crippen molar-refractivity contribution in [3.63, 3.8) is 0 Å². The quantitative estimate of drug-likeness (QED) is 0.568. The Labute approximate surface area is 60.3 Å². The van der Waals surface area contributed by atoms with E-state index in [1.807, 2.05) is 0 Å². The van der Waals surface area contributed by atoms with Crippen molar-refractivity contribution in [2.24, 2.45) is 0 Å². The Morgan fingerprint density at radius 1 is 1.00 bits per heavy atom. The third-order valence-corrected chi connectivity index (χ3v) is 5.00. The molecule has 0 aliphatic carbocycles. The number of hydrogen-bond donors (Lipinski definition) is 0. The molecule has 0 fully saturated rings. The Balaban J connectivity index is 5.49. The summed E-state index contributed by atoms with van der Waals surface area (Å²) in [4.78, 5) is 0. The van der Waals surface area contributed by atoms with Gasteiger partial charge in [0, 0.05) is 0 Å². The molecule has 0 spiro atoms. The van der Waals surface area contributed by atoms with Crippen molar-refractivity contribution < 1.29 is 30.0 Å². The summed E-state index contributed by atoms with van der Waals surface area (Å²) in [6, 6.07) is 0. The van der Waals surface area contributed by atoms with E-state index in [4.69, 9.17) is 0 Å². The minimum absolute atomic E-state index is 0.0180. The van der Waals surface area contributed by atoms with Crippen LogP contribution in [0.2, 0.25) is 0 Å². The van der Waals surface area contributed by atoms with E-state index in [0.717, 1.165) is 0 Å². The smallest absolute Gasteiger partial charge is 0.213 e. The van der Waals surface area contributed by atoms with Crippen molar-refractivity contribution >= 4 is 17.7 Å². The number of rotatable bonds is 1. The zero-order chi connectivity index (χ0) is 9.50. The highest BCUT2D eigenvalue weighted by molar-refractivity contribution is 8.67. The minimum Gasteiger partial charge on any atom is -0.213 e. The molecular weight excluding hydrogens is 209 g/mol. The average molecular weight is 212 g/mol. The highest BCUT2D eigenvalue weighted by Crippen LogP contribution is 2.27. The normalized spacial score (nSPS) is 14.9. The molecule has 0 unspecified atom stereocenters. The zero-order valence-corrected chi connectivity index (χ0v) is 6.72. The maximum Gasteiger partial charge on any atom is 0.512 e. The van der Waals surface area contributed by atoms with E-state index in [9.17, 15) is 30.0 Å². The molecule has 68 valence electrons. The van der Waals surface area contributed by atoms with Gasteiger partial charge in [-0.15, -0.1) is 0 Å². The highest BCUT2D eigenvalue weighted by atomic mass is 33.2. The molecule has 0 aliphatic heterocycles. The second-order valence-corrected chi connectivity index (χ2v) is 7.52. The van der Waals surface area contributed by atoms with Crippen molar-refractivity contribution in [2.45, 2.75) is 5.51 Å². The molecule has 0 aromatic heterocycles. The summed E-state index contributed by atoms with van der Waals surface area (Å²) >= 11 is 0. The molecule has 0 amide bonds. The highest BCUT2D eigenvalue weighted by Gasteiger charge is 2.52. The zero-order valence-electron chi connectivity index (χ0n) is 5.08. The van der Waals surface area contributed by atoms with Crippen LogP contribution in [0.5, 0.6) is 0 Å². The van der Waals surface area contributed by atoms with E-state index < -0.39 is 23.2 Å². The summed E-state index contributed by atoms with van der Waals surface area (Å²) in [6.45, 7) is 0. The van der Waals surface area contributed by atoms with Gasteiger partial charge in [-0.05, 0) is 0 Å². The van der Waals surface area contributed by atoms with Gasteiger partial charge in [-0.1, -0.05) is 0 Å². The van der Waals surface area contributed by atoms with Gasteiger partial charge in [0.1, 0.15) is 0 Å². The molecular formula is C2H3F3O4S2. The molecule has 0 saturated carbocycles. The first-order valence-corrected chi connectivity index (χ1v) is 5.90.